The first-order valence-electron chi connectivity index (χ1n) is 6.57. The maximum absolute atomic E-state index is 5.83. The minimum absolute atomic E-state index is 0.0495. The van der Waals surface area contributed by atoms with Crippen LogP contribution in [-0.2, 0) is 4.74 Å². The van der Waals surface area contributed by atoms with Crippen LogP contribution >= 0.6 is 0 Å². The molecule has 0 spiro atoms. The molecule has 0 radical (unpaired) electrons. The van der Waals surface area contributed by atoms with E-state index in [1.54, 1.807) is 7.11 Å². The zero-order chi connectivity index (χ0) is 13.8. The molecule has 1 atom stereocenters. The highest BCUT2D eigenvalue weighted by Crippen LogP contribution is 2.26. The van der Waals surface area contributed by atoms with Gasteiger partial charge in [0.1, 0.15) is 5.75 Å². The van der Waals surface area contributed by atoms with Crippen molar-refractivity contribution in [3.63, 3.8) is 0 Å². The average Bonchev–Trinajstić information content (AvgIpc) is 2.43. The molecule has 0 aliphatic carbocycles. The van der Waals surface area contributed by atoms with Gasteiger partial charge in [-0.25, -0.2) is 0 Å². The van der Waals surface area contributed by atoms with Crippen molar-refractivity contribution in [3.05, 3.63) is 42.0 Å². The van der Waals surface area contributed by atoms with Gasteiger partial charge in [0, 0.05) is 6.54 Å². The standard InChI is InChI=1S/C16H21NO2/c1-11(2)19-16(10-17)14-5-4-13-9-15(18-3)7-6-12(13)8-14/h4-9,11,16H,10,17H2,1-3H3. The average molecular weight is 259 g/mol. The molecule has 0 fully saturated rings. The minimum Gasteiger partial charge on any atom is -0.497 e. The lowest BCUT2D eigenvalue weighted by atomic mass is 10.0. The number of fused-ring (bicyclic) bond motifs is 1. The number of benzene rings is 2. The van der Waals surface area contributed by atoms with Gasteiger partial charge < -0.3 is 15.2 Å². The summed E-state index contributed by atoms with van der Waals surface area (Å²) in [5, 5.41) is 2.33. The van der Waals surface area contributed by atoms with Crippen LogP contribution in [-0.4, -0.2) is 19.8 Å². The van der Waals surface area contributed by atoms with Gasteiger partial charge in [-0.2, -0.15) is 0 Å². The van der Waals surface area contributed by atoms with Crippen LogP contribution in [0.5, 0.6) is 5.75 Å². The molecule has 2 rings (SSSR count). The Labute approximate surface area is 114 Å². The van der Waals surface area contributed by atoms with Crippen molar-refractivity contribution in [1.82, 2.24) is 0 Å². The molecule has 19 heavy (non-hydrogen) atoms. The predicted molar refractivity (Wildman–Crippen MR) is 78.5 cm³/mol. The summed E-state index contributed by atoms with van der Waals surface area (Å²) in [7, 11) is 1.68. The van der Waals surface area contributed by atoms with E-state index in [4.69, 9.17) is 15.2 Å². The van der Waals surface area contributed by atoms with Gasteiger partial charge in [-0.05, 0) is 48.4 Å². The van der Waals surface area contributed by atoms with Gasteiger partial charge in [0.15, 0.2) is 0 Å². The summed E-state index contributed by atoms with van der Waals surface area (Å²) >= 11 is 0. The fourth-order valence-corrected chi connectivity index (χ4v) is 2.17. The molecule has 2 N–H and O–H groups in total. The third-order valence-corrected chi connectivity index (χ3v) is 3.09. The summed E-state index contributed by atoms with van der Waals surface area (Å²) in [4.78, 5) is 0. The van der Waals surface area contributed by atoms with Gasteiger partial charge >= 0.3 is 0 Å². The van der Waals surface area contributed by atoms with Crippen molar-refractivity contribution in [2.75, 3.05) is 13.7 Å². The summed E-state index contributed by atoms with van der Waals surface area (Å²) < 4.78 is 11.1. The van der Waals surface area contributed by atoms with Crippen molar-refractivity contribution in [2.45, 2.75) is 26.1 Å². The lowest BCUT2D eigenvalue weighted by molar-refractivity contribution is 0.0120. The third-order valence-electron chi connectivity index (χ3n) is 3.09. The maximum Gasteiger partial charge on any atom is 0.119 e. The van der Waals surface area contributed by atoms with E-state index in [9.17, 15) is 0 Å². The van der Waals surface area contributed by atoms with E-state index in [0.717, 1.165) is 16.7 Å². The number of hydrogen-bond donors (Lipinski definition) is 1. The van der Waals surface area contributed by atoms with E-state index >= 15 is 0 Å². The summed E-state index contributed by atoms with van der Waals surface area (Å²) in [5.41, 5.74) is 6.92. The van der Waals surface area contributed by atoms with E-state index < -0.39 is 0 Å². The largest absolute Gasteiger partial charge is 0.497 e. The highest BCUT2D eigenvalue weighted by Gasteiger charge is 2.12. The van der Waals surface area contributed by atoms with Crippen molar-refractivity contribution in [3.8, 4) is 5.75 Å². The fourth-order valence-electron chi connectivity index (χ4n) is 2.17. The predicted octanol–water partition coefficient (Wildman–Crippen LogP) is 3.27. The molecule has 2 aromatic carbocycles. The molecule has 0 bridgehead atoms. The van der Waals surface area contributed by atoms with Gasteiger partial charge in [-0.1, -0.05) is 18.2 Å². The maximum atomic E-state index is 5.83. The molecular weight excluding hydrogens is 238 g/mol. The smallest absolute Gasteiger partial charge is 0.119 e. The van der Waals surface area contributed by atoms with Crippen LogP contribution < -0.4 is 10.5 Å². The molecule has 102 valence electrons. The van der Waals surface area contributed by atoms with Crippen LogP contribution in [0.25, 0.3) is 10.8 Å². The van der Waals surface area contributed by atoms with E-state index in [0.29, 0.717) is 6.54 Å². The number of methoxy groups -OCH3 is 1. The van der Waals surface area contributed by atoms with Gasteiger partial charge in [-0.15, -0.1) is 0 Å². The highest BCUT2D eigenvalue weighted by molar-refractivity contribution is 5.84. The Bertz CT molecular complexity index is 551. The van der Waals surface area contributed by atoms with Crippen LogP contribution in [0, 0.1) is 0 Å². The second-order valence-corrected chi connectivity index (χ2v) is 4.88. The Morgan fingerprint density at radius 3 is 2.37 bits per heavy atom. The van der Waals surface area contributed by atoms with Crippen molar-refractivity contribution < 1.29 is 9.47 Å². The molecule has 0 aromatic heterocycles. The number of nitrogens with two attached hydrogens (primary N) is 1. The molecule has 0 amide bonds. The van der Waals surface area contributed by atoms with Crippen molar-refractivity contribution in [2.24, 2.45) is 5.73 Å². The molecule has 3 nitrogen and oxygen atoms in total. The Balaban J connectivity index is 2.35. The highest BCUT2D eigenvalue weighted by atomic mass is 16.5. The van der Waals surface area contributed by atoms with Crippen LogP contribution in [0.15, 0.2) is 36.4 Å². The molecule has 0 heterocycles. The number of hydrogen-bond acceptors (Lipinski definition) is 3. The monoisotopic (exact) mass is 259 g/mol. The summed E-state index contributed by atoms with van der Waals surface area (Å²) in [5.74, 6) is 0.869. The molecule has 2 aromatic rings. The Morgan fingerprint density at radius 2 is 1.74 bits per heavy atom. The molecule has 3 heteroatoms. The summed E-state index contributed by atoms with van der Waals surface area (Å²) in [6.07, 6.45) is 0.117. The third kappa shape index (κ3) is 3.25. The fraction of sp³-hybridized carbons (Fsp3) is 0.375. The summed E-state index contributed by atoms with van der Waals surface area (Å²) in [6.45, 7) is 4.53. The van der Waals surface area contributed by atoms with E-state index in [1.807, 2.05) is 26.0 Å². The first kappa shape index (κ1) is 13.8. The number of rotatable bonds is 5. The SMILES string of the molecule is COc1ccc2cc(C(CN)OC(C)C)ccc2c1. The minimum atomic E-state index is -0.0495. The van der Waals surface area contributed by atoms with Gasteiger partial charge in [-0.3, -0.25) is 0 Å². The number of ether oxygens (including phenoxy) is 2. The van der Waals surface area contributed by atoms with E-state index in [2.05, 4.69) is 24.3 Å². The van der Waals surface area contributed by atoms with Crippen LogP contribution in [0.2, 0.25) is 0 Å². The second kappa shape index (κ2) is 6.04. The van der Waals surface area contributed by atoms with Crippen LogP contribution in [0.1, 0.15) is 25.5 Å². The first-order valence-corrected chi connectivity index (χ1v) is 6.57. The Hall–Kier alpha value is -1.58. The van der Waals surface area contributed by atoms with Crippen LogP contribution in [0.3, 0.4) is 0 Å². The second-order valence-electron chi connectivity index (χ2n) is 4.88. The summed E-state index contributed by atoms with van der Waals surface area (Å²) in [6, 6.07) is 12.3. The van der Waals surface area contributed by atoms with Gasteiger partial charge in [0.05, 0.1) is 19.3 Å². The van der Waals surface area contributed by atoms with E-state index in [-0.39, 0.29) is 12.2 Å². The lowest BCUT2D eigenvalue weighted by Gasteiger charge is -2.19. The topological polar surface area (TPSA) is 44.5 Å². The zero-order valence-corrected chi connectivity index (χ0v) is 11.7. The Kier molecular flexibility index (Phi) is 4.40. The molecule has 0 saturated carbocycles. The molecule has 1 unspecified atom stereocenters. The lowest BCUT2D eigenvalue weighted by Crippen LogP contribution is -2.19. The first-order chi connectivity index (χ1) is 9.13. The molecule has 0 aliphatic rings. The Morgan fingerprint density at radius 1 is 1.05 bits per heavy atom. The van der Waals surface area contributed by atoms with Gasteiger partial charge in [0.25, 0.3) is 0 Å². The zero-order valence-electron chi connectivity index (χ0n) is 11.7. The molecule has 0 saturated heterocycles. The van der Waals surface area contributed by atoms with Crippen molar-refractivity contribution >= 4 is 10.8 Å². The van der Waals surface area contributed by atoms with Crippen molar-refractivity contribution in [1.29, 1.82) is 0 Å². The quantitative estimate of drug-likeness (QED) is 0.896. The molecule has 0 aliphatic heterocycles. The van der Waals surface area contributed by atoms with Gasteiger partial charge in [0.2, 0.25) is 0 Å². The molecular formula is C16H21NO2. The van der Waals surface area contributed by atoms with Crippen LogP contribution in [0.4, 0.5) is 0 Å². The van der Waals surface area contributed by atoms with E-state index in [1.165, 1.54) is 5.39 Å². The normalized spacial score (nSPS) is 12.9.